The predicted molar refractivity (Wildman–Crippen MR) is 72.2 cm³/mol. The van der Waals surface area contributed by atoms with E-state index in [9.17, 15) is 10.2 Å². The van der Waals surface area contributed by atoms with Crippen LogP contribution in [0.15, 0.2) is 12.1 Å². The second kappa shape index (κ2) is 5.59. The average molecular weight is 253 g/mol. The second-order valence-electron chi connectivity index (χ2n) is 5.44. The van der Waals surface area contributed by atoms with Crippen LogP contribution in [-0.4, -0.2) is 30.9 Å². The monoisotopic (exact) mass is 253 g/mol. The zero-order chi connectivity index (χ0) is 13.9. The quantitative estimate of drug-likeness (QED) is 0.767. The molecule has 1 aromatic carbocycles. The van der Waals surface area contributed by atoms with Gasteiger partial charge in [0.05, 0.1) is 13.2 Å². The molecule has 4 nitrogen and oxygen atoms in total. The summed E-state index contributed by atoms with van der Waals surface area (Å²) in [5.41, 5.74) is 1.44. The third-order valence-electron chi connectivity index (χ3n) is 2.95. The summed E-state index contributed by atoms with van der Waals surface area (Å²) in [6.45, 7) is 6.61. The van der Waals surface area contributed by atoms with Gasteiger partial charge >= 0.3 is 0 Å². The van der Waals surface area contributed by atoms with Crippen molar-refractivity contribution in [1.82, 2.24) is 5.32 Å². The smallest absolute Gasteiger partial charge is 0.163 e. The number of aliphatic hydroxyl groups excluding tert-OH is 1. The number of aliphatic hydroxyl groups is 1. The van der Waals surface area contributed by atoms with Gasteiger partial charge in [0.2, 0.25) is 0 Å². The first-order valence-electron chi connectivity index (χ1n) is 6.05. The summed E-state index contributed by atoms with van der Waals surface area (Å²) in [4.78, 5) is 0. The van der Waals surface area contributed by atoms with Crippen LogP contribution in [0.5, 0.6) is 11.5 Å². The Kier molecular flexibility index (Phi) is 4.59. The Balaban J connectivity index is 3.31. The van der Waals surface area contributed by atoms with Gasteiger partial charge in [0.1, 0.15) is 0 Å². The molecule has 0 fully saturated rings. The number of phenols is 1. The van der Waals surface area contributed by atoms with E-state index in [1.165, 1.54) is 7.11 Å². The zero-order valence-corrected chi connectivity index (χ0v) is 11.7. The van der Waals surface area contributed by atoms with E-state index in [0.29, 0.717) is 17.9 Å². The molecule has 0 amide bonds. The highest BCUT2D eigenvalue weighted by Crippen LogP contribution is 2.38. The summed E-state index contributed by atoms with van der Waals surface area (Å²) < 4.78 is 5.17. The standard InChI is InChI=1S/C14H23NO3/c1-14(2,3)9-6-10(11(16)8-15-4)13(17)12(7-9)18-5/h6-7,11,15-17H,8H2,1-5H3. The first kappa shape index (κ1) is 14.8. The lowest BCUT2D eigenvalue weighted by atomic mass is 9.85. The van der Waals surface area contributed by atoms with E-state index >= 15 is 0 Å². The molecule has 102 valence electrons. The van der Waals surface area contributed by atoms with Crippen molar-refractivity contribution in [2.45, 2.75) is 32.3 Å². The van der Waals surface area contributed by atoms with E-state index in [-0.39, 0.29) is 11.2 Å². The summed E-state index contributed by atoms with van der Waals surface area (Å²) in [5.74, 6) is 0.404. The molecule has 1 rings (SSSR count). The number of ether oxygens (including phenoxy) is 1. The van der Waals surface area contributed by atoms with Gasteiger partial charge in [0, 0.05) is 12.1 Å². The SMILES string of the molecule is CNCC(O)c1cc(C(C)(C)C)cc(OC)c1O. The highest BCUT2D eigenvalue weighted by atomic mass is 16.5. The Morgan fingerprint density at radius 2 is 1.94 bits per heavy atom. The third-order valence-corrected chi connectivity index (χ3v) is 2.95. The molecule has 0 bridgehead atoms. The number of benzene rings is 1. The van der Waals surface area contributed by atoms with Crippen LogP contribution in [-0.2, 0) is 5.41 Å². The molecule has 3 N–H and O–H groups in total. The van der Waals surface area contributed by atoms with Crippen LogP contribution in [0.4, 0.5) is 0 Å². The molecule has 0 saturated carbocycles. The van der Waals surface area contributed by atoms with Crippen molar-refractivity contribution in [1.29, 1.82) is 0 Å². The number of hydrogen-bond acceptors (Lipinski definition) is 4. The van der Waals surface area contributed by atoms with E-state index in [4.69, 9.17) is 4.74 Å². The van der Waals surface area contributed by atoms with Crippen molar-refractivity contribution in [2.75, 3.05) is 20.7 Å². The van der Waals surface area contributed by atoms with Crippen LogP contribution < -0.4 is 10.1 Å². The van der Waals surface area contributed by atoms with Crippen molar-refractivity contribution in [3.63, 3.8) is 0 Å². The van der Waals surface area contributed by atoms with Gasteiger partial charge in [0.25, 0.3) is 0 Å². The van der Waals surface area contributed by atoms with Crippen LogP contribution in [0.3, 0.4) is 0 Å². The highest BCUT2D eigenvalue weighted by Gasteiger charge is 2.22. The molecular weight excluding hydrogens is 230 g/mol. The molecule has 0 radical (unpaired) electrons. The predicted octanol–water partition coefficient (Wildman–Crippen LogP) is 1.95. The molecular formula is C14H23NO3. The zero-order valence-electron chi connectivity index (χ0n) is 11.7. The normalized spacial score (nSPS) is 13.4. The van der Waals surface area contributed by atoms with Crippen LogP contribution >= 0.6 is 0 Å². The van der Waals surface area contributed by atoms with Gasteiger partial charge in [0.15, 0.2) is 11.5 Å². The lowest BCUT2D eigenvalue weighted by molar-refractivity contribution is 0.172. The van der Waals surface area contributed by atoms with Crippen LogP contribution in [0.2, 0.25) is 0 Å². The molecule has 0 spiro atoms. The molecule has 0 aromatic heterocycles. The minimum absolute atomic E-state index is 0.00764. The Hall–Kier alpha value is -1.26. The summed E-state index contributed by atoms with van der Waals surface area (Å²) in [6, 6.07) is 3.64. The first-order valence-corrected chi connectivity index (χ1v) is 6.05. The van der Waals surface area contributed by atoms with Crippen LogP contribution in [0.1, 0.15) is 38.0 Å². The number of methoxy groups -OCH3 is 1. The summed E-state index contributed by atoms with van der Waals surface area (Å²) in [5, 5.41) is 23.0. The molecule has 0 aliphatic carbocycles. The van der Waals surface area contributed by atoms with Gasteiger partial charge < -0.3 is 20.3 Å². The molecule has 1 unspecified atom stereocenters. The molecule has 0 aliphatic heterocycles. The molecule has 1 aromatic rings. The Morgan fingerprint density at radius 3 is 2.39 bits per heavy atom. The lowest BCUT2D eigenvalue weighted by Crippen LogP contribution is -2.18. The number of hydrogen-bond donors (Lipinski definition) is 3. The maximum absolute atomic E-state index is 10.1. The largest absolute Gasteiger partial charge is 0.504 e. The highest BCUT2D eigenvalue weighted by molar-refractivity contribution is 5.51. The maximum Gasteiger partial charge on any atom is 0.163 e. The molecule has 18 heavy (non-hydrogen) atoms. The topological polar surface area (TPSA) is 61.7 Å². The van der Waals surface area contributed by atoms with Gasteiger partial charge in [-0.2, -0.15) is 0 Å². The molecule has 4 heteroatoms. The first-order chi connectivity index (χ1) is 8.31. The Morgan fingerprint density at radius 1 is 1.33 bits per heavy atom. The van der Waals surface area contributed by atoms with E-state index < -0.39 is 6.10 Å². The lowest BCUT2D eigenvalue weighted by Gasteiger charge is -2.23. The number of aromatic hydroxyl groups is 1. The van der Waals surface area contributed by atoms with E-state index in [1.807, 2.05) is 12.1 Å². The minimum atomic E-state index is -0.758. The fourth-order valence-corrected chi connectivity index (χ4v) is 1.78. The molecule has 0 aliphatic rings. The number of phenolic OH excluding ortho intramolecular Hbond substituents is 1. The number of nitrogens with one attached hydrogen (secondary N) is 1. The van der Waals surface area contributed by atoms with Gasteiger partial charge in [-0.05, 0) is 30.2 Å². The van der Waals surface area contributed by atoms with Crippen LogP contribution in [0.25, 0.3) is 0 Å². The van der Waals surface area contributed by atoms with Crippen molar-refractivity contribution in [3.8, 4) is 11.5 Å². The summed E-state index contributed by atoms with van der Waals surface area (Å²) >= 11 is 0. The van der Waals surface area contributed by atoms with Crippen LogP contribution in [0, 0.1) is 0 Å². The van der Waals surface area contributed by atoms with Crippen molar-refractivity contribution in [3.05, 3.63) is 23.3 Å². The Bertz CT molecular complexity index is 410. The van der Waals surface area contributed by atoms with E-state index in [2.05, 4.69) is 26.1 Å². The third kappa shape index (κ3) is 3.15. The fourth-order valence-electron chi connectivity index (χ4n) is 1.78. The van der Waals surface area contributed by atoms with Crippen molar-refractivity contribution in [2.24, 2.45) is 0 Å². The fraction of sp³-hybridized carbons (Fsp3) is 0.571. The minimum Gasteiger partial charge on any atom is -0.504 e. The average Bonchev–Trinajstić information content (AvgIpc) is 2.28. The summed E-state index contributed by atoms with van der Waals surface area (Å²) in [7, 11) is 3.26. The molecule has 0 saturated heterocycles. The maximum atomic E-state index is 10.1. The van der Waals surface area contributed by atoms with Gasteiger partial charge in [-0.3, -0.25) is 0 Å². The second-order valence-corrected chi connectivity index (χ2v) is 5.44. The van der Waals surface area contributed by atoms with Gasteiger partial charge in [-0.25, -0.2) is 0 Å². The molecule has 1 atom stereocenters. The van der Waals surface area contributed by atoms with Gasteiger partial charge in [-0.1, -0.05) is 20.8 Å². The van der Waals surface area contributed by atoms with E-state index in [0.717, 1.165) is 5.56 Å². The number of likely N-dealkylation sites (N-methyl/N-ethyl adjacent to an activating group) is 1. The van der Waals surface area contributed by atoms with Crippen molar-refractivity contribution >= 4 is 0 Å². The van der Waals surface area contributed by atoms with Crippen molar-refractivity contribution < 1.29 is 14.9 Å². The number of rotatable bonds is 4. The molecule has 0 heterocycles. The summed E-state index contributed by atoms with van der Waals surface area (Å²) in [6.07, 6.45) is -0.758. The Labute approximate surface area is 109 Å². The van der Waals surface area contributed by atoms with Gasteiger partial charge in [-0.15, -0.1) is 0 Å². The van der Waals surface area contributed by atoms with E-state index in [1.54, 1.807) is 7.05 Å².